The number of hydrogen-bond donors (Lipinski definition) is 0. The highest BCUT2D eigenvalue weighted by molar-refractivity contribution is 6.23. The van der Waals surface area contributed by atoms with Gasteiger partial charge in [-0.05, 0) is 87.2 Å². The minimum atomic E-state index is 1.23. The molecule has 0 atom stereocenters. The molecular formula is C44H28. The molecule has 0 aliphatic carbocycles. The van der Waals surface area contributed by atoms with Crippen LogP contribution >= 0.6 is 0 Å². The standard InChI is InChI=1S/C44H28/c1-4-15-35-29(11-1)13-9-22-38(35)44-41-18-7-5-16-39(41)43(40-17-6-8-19-42(40)44)32-25-23-31(24-26-32)34-20-10-21-36-33-14-3-2-12-30(33)27-28-37(34)36/h1-28H. The number of fused-ring (bicyclic) bond motifs is 6. The van der Waals surface area contributed by atoms with Crippen molar-refractivity contribution in [3.8, 4) is 33.4 Å². The van der Waals surface area contributed by atoms with Crippen molar-refractivity contribution in [1.82, 2.24) is 0 Å². The third-order valence-electron chi connectivity index (χ3n) is 9.26. The largest absolute Gasteiger partial charge is 0.0616 e. The Bertz CT molecular complexity index is 2470. The zero-order valence-corrected chi connectivity index (χ0v) is 24.2. The molecule has 0 saturated carbocycles. The van der Waals surface area contributed by atoms with Crippen LogP contribution in [0.1, 0.15) is 0 Å². The molecule has 0 nitrogen and oxygen atoms in total. The van der Waals surface area contributed by atoms with Crippen LogP contribution in [-0.2, 0) is 0 Å². The Labute approximate surface area is 256 Å². The Hall–Kier alpha value is -5.72. The summed E-state index contributed by atoms with van der Waals surface area (Å²) in [6, 6.07) is 62.3. The van der Waals surface area contributed by atoms with Crippen LogP contribution in [0.15, 0.2) is 170 Å². The summed E-state index contributed by atoms with van der Waals surface area (Å²) in [6.45, 7) is 0. The van der Waals surface area contributed by atoms with Gasteiger partial charge < -0.3 is 0 Å². The van der Waals surface area contributed by atoms with Crippen molar-refractivity contribution < 1.29 is 0 Å². The van der Waals surface area contributed by atoms with Gasteiger partial charge in [0.2, 0.25) is 0 Å². The number of benzene rings is 9. The van der Waals surface area contributed by atoms with Gasteiger partial charge in [0.05, 0.1) is 0 Å². The molecule has 0 saturated heterocycles. The van der Waals surface area contributed by atoms with Gasteiger partial charge in [0, 0.05) is 0 Å². The minimum Gasteiger partial charge on any atom is -0.0616 e. The molecule has 0 heteroatoms. The maximum Gasteiger partial charge on any atom is -0.00201 e. The molecule has 44 heavy (non-hydrogen) atoms. The van der Waals surface area contributed by atoms with Crippen LogP contribution in [0, 0.1) is 0 Å². The summed E-state index contributed by atoms with van der Waals surface area (Å²) in [6.07, 6.45) is 0. The van der Waals surface area contributed by atoms with Gasteiger partial charge >= 0.3 is 0 Å². The topological polar surface area (TPSA) is 0 Å². The van der Waals surface area contributed by atoms with E-state index in [0.29, 0.717) is 0 Å². The molecule has 9 aromatic carbocycles. The summed E-state index contributed by atoms with van der Waals surface area (Å²) in [5.74, 6) is 0. The summed E-state index contributed by atoms with van der Waals surface area (Å²) in [4.78, 5) is 0. The highest BCUT2D eigenvalue weighted by Crippen LogP contribution is 2.45. The highest BCUT2D eigenvalue weighted by Gasteiger charge is 2.18. The first-order valence-corrected chi connectivity index (χ1v) is 15.3. The Balaban J connectivity index is 1.26. The number of hydrogen-bond acceptors (Lipinski definition) is 0. The van der Waals surface area contributed by atoms with Gasteiger partial charge in [0.15, 0.2) is 0 Å². The predicted octanol–water partition coefficient (Wildman–Crippen LogP) is 12.5. The van der Waals surface area contributed by atoms with Gasteiger partial charge in [0.25, 0.3) is 0 Å². The van der Waals surface area contributed by atoms with Crippen molar-refractivity contribution in [3.05, 3.63) is 170 Å². The maximum absolute atomic E-state index is 2.31. The number of rotatable bonds is 3. The second-order valence-corrected chi connectivity index (χ2v) is 11.6. The first-order valence-electron chi connectivity index (χ1n) is 15.3. The molecule has 9 aromatic rings. The zero-order chi connectivity index (χ0) is 29.0. The van der Waals surface area contributed by atoms with Crippen molar-refractivity contribution in [1.29, 1.82) is 0 Å². The Morgan fingerprint density at radius 2 is 0.659 bits per heavy atom. The van der Waals surface area contributed by atoms with E-state index < -0.39 is 0 Å². The second-order valence-electron chi connectivity index (χ2n) is 11.6. The van der Waals surface area contributed by atoms with Crippen molar-refractivity contribution in [2.45, 2.75) is 0 Å². The lowest BCUT2D eigenvalue weighted by Gasteiger charge is -2.19. The first-order chi connectivity index (χ1) is 21.8. The molecule has 0 N–H and O–H groups in total. The molecule has 0 heterocycles. The molecule has 0 unspecified atom stereocenters. The van der Waals surface area contributed by atoms with E-state index in [2.05, 4.69) is 170 Å². The Kier molecular flexibility index (Phi) is 5.61. The molecule has 0 aliphatic heterocycles. The summed E-state index contributed by atoms with van der Waals surface area (Å²) in [5, 5.41) is 12.8. The average Bonchev–Trinajstić information content (AvgIpc) is 3.10. The van der Waals surface area contributed by atoms with E-state index in [9.17, 15) is 0 Å². The predicted molar refractivity (Wildman–Crippen MR) is 190 cm³/mol. The molecule has 0 bridgehead atoms. The fraction of sp³-hybridized carbons (Fsp3) is 0. The van der Waals surface area contributed by atoms with Gasteiger partial charge in [-0.1, -0.05) is 170 Å². The molecule has 0 fully saturated rings. The van der Waals surface area contributed by atoms with E-state index in [1.807, 2.05) is 0 Å². The third-order valence-corrected chi connectivity index (χ3v) is 9.26. The molecule has 0 radical (unpaired) electrons. The molecule has 0 aromatic heterocycles. The van der Waals surface area contributed by atoms with Crippen molar-refractivity contribution in [2.75, 3.05) is 0 Å². The third kappa shape index (κ3) is 3.78. The van der Waals surface area contributed by atoms with E-state index in [0.717, 1.165) is 0 Å². The smallest absolute Gasteiger partial charge is 0.00201 e. The zero-order valence-electron chi connectivity index (χ0n) is 24.2. The second kappa shape index (κ2) is 9.93. The molecule has 9 rings (SSSR count). The van der Waals surface area contributed by atoms with Gasteiger partial charge in [0.1, 0.15) is 0 Å². The van der Waals surface area contributed by atoms with Crippen LogP contribution in [0.4, 0.5) is 0 Å². The highest BCUT2D eigenvalue weighted by atomic mass is 14.2. The molecule has 0 spiro atoms. The Morgan fingerprint density at radius 1 is 0.205 bits per heavy atom. The molecule has 0 amide bonds. The van der Waals surface area contributed by atoms with Crippen LogP contribution in [0.5, 0.6) is 0 Å². The van der Waals surface area contributed by atoms with Crippen LogP contribution in [-0.4, -0.2) is 0 Å². The SMILES string of the molecule is c1ccc2c(-c3c4ccccc4c(-c4ccc(-c5cccc6c5ccc5ccccc56)cc4)c4ccccc34)cccc2c1. The van der Waals surface area contributed by atoms with Crippen LogP contribution in [0.2, 0.25) is 0 Å². The lowest BCUT2D eigenvalue weighted by molar-refractivity contribution is 1.64. The maximum atomic E-state index is 2.31. The normalized spacial score (nSPS) is 11.6. The van der Waals surface area contributed by atoms with Gasteiger partial charge in [-0.3, -0.25) is 0 Å². The van der Waals surface area contributed by atoms with Crippen molar-refractivity contribution >= 4 is 53.9 Å². The molecule has 0 aliphatic rings. The van der Waals surface area contributed by atoms with Crippen LogP contribution in [0.25, 0.3) is 87.2 Å². The first kappa shape index (κ1) is 24.8. The van der Waals surface area contributed by atoms with Crippen LogP contribution < -0.4 is 0 Å². The van der Waals surface area contributed by atoms with E-state index in [1.165, 1.54) is 87.2 Å². The van der Waals surface area contributed by atoms with Gasteiger partial charge in [-0.2, -0.15) is 0 Å². The Morgan fingerprint density at radius 3 is 1.34 bits per heavy atom. The van der Waals surface area contributed by atoms with E-state index in [4.69, 9.17) is 0 Å². The monoisotopic (exact) mass is 556 g/mol. The lowest BCUT2D eigenvalue weighted by Crippen LogP contribution is -1.91. The van der Waals surface area contributed by atoms with Gasteiger partial charge in [-0.15, -0.1) is 0 Å². The summed E-state index contributed by atoms with van der Waals surface area (Å²) >= 11 is 0. The summed E-state index contributed by atoms with van der Waals surface area (Å²) < 4.78 is 0. The van der Waals surface area contributed by atoms with Crippen LogP contribution in [0.3, 0.4) is 0 Å². The fourth-order valence-electron chi connectivity index (χ4n) is 7.28. The quantitative estimate of drug-likeness (QED) is 0.150. The van der Waals surface area contributed by atoms with Gasteiger partial charge in [-0.25, -0.2) is 0 Å². The van der Waals surface area contributed by atoms with Crippen molar-refractivity contribution in [2.24, 2.45) is 0 Å². The van der Waals surface area contributed by atoms with Crippen molar-refractivity contribution in [3.63, 3.8) is 0 Å². The van der Waals surface area contributed by atoms with E-state index in [-0.39, 0.29) is 0 Å². The van der Waals surface area contributed by atoms with E-state index in [1.54, 1.807) is 0 Å². The molecule has 204 valence electrons. The lowest BCUT2D eigenvalue weighted by atomic mass is 9.84. The molecular weight excluding hydrogens is 528 g/mol. The average molecular weight is 557 g/mol. The van der Waals surface area contributed by atoms with E-state index >= 15 is 0 Å². The summed E-state index contributed by atoms with van der Waals surface area (Å²) in [7, 11) is 0. The summed E-state index contributed by atoms with van der Waals surface area (Å²) in [5.41, 5.74) is 7.60. The fourth-order valence-corrected chi connectivity index (χ4v) is 7.28. The minimum absolute atomic E-state index is 1.23.